The second-order valence-corrected chi connectivity index (χ2v) is 5.64. The zero-order valence-corrected chi connectivity index (χ0v) is 10.7. The Bertz CT molecular complexity index is 408. The summed E-state index contributed by atoms with van der Waals surface area (Å²) in [5, 5.41) is 0.760. The molecule has 1 aromatic rings. The number of aldehydes is 1. The quantitative estimate of drug-likeness (QED) is 0.760. The van der Waals surface area contributed by atoms with E-state index in [0.29, 0.717) is 11.3 Å². The van der Waals surface area contributed by atoms with Crippen LogP contribution in [-0.4, -0.2) is 42.1 Å². The number of thiazole rings is 1. The molecule has 1 aromatic heterocycles. The summed E-state index contributed by atoms with van der Waals surface area (Å²) in [6.07, 6.45) is 4.59. The van der Waals surface area contributed by atoms with E-state index in [2.05, 4.69) is 16.9 Å². The average Bonchev–Trinajstić information content (AvgIpc) is 2.77. The number of carbonyl (C=O) groups excluding carboxylic acids is 2. The molecule has 0 radical (unpaired) electrons. The Balaban J connectivity index is 1.90. The summed E-state index contributed by atoms with van der Waals surface area (Å²) >= 11 is 1.32. The van der Waals surface area contributed by atoms with Crippen LogP contribution in [0.4, 0.5) is 0 Å². The second kappa shape index (κ2) is 5.51. The number of hydrogen-bond donors (Lipinski definition) is 0. The van der Waals surface area contributed by atoms with Crippen molar-refractivity contribution in [1.29, 1.82) is 0 Å². The average molecular weight is 252 g/mol. The number of Topliss-reactive ketones (excluding diaryl/α,β-unsaturated/α-hetero) is 1. The Morgan fingerprint density at radius 1 is 1.59 bits per heavy atom. The van der Waals surface area contributed by atoms with Crippen molar-refractivity contribution < 1.29 is 9.59 Å². The molecule has 1 aliphatic heterocycles. The number of aromatic nitrogens is 1. The zero-order valence-electron chi connectivity index (χ0n) is 9.89. The number of hydrogen-bond acceptors (Lipinski definition) is 5. The minimum absolute atomic E-state index is 0.176. The zero-order chi connectivity index (χ0) is 12.3. The van der Waals surface area contributed by atoms with Gasteiger partial charge in [0.1, 0.15) is 10.8 Å². The van der Waals surface area contributed by atoms with Crippen LogP contribution in [0, 0.1) is 5.92 Å². The first-order valence-corrected chi connectivity index (χ1v) is 6.62. The highest BCUT2D eigenvalue weighted by Gasteiger charge is 2.23. The molecule has 5 heteroatoms. The molecule has 92 valence electrons. The molecule has 17 heavy (non-hydrogen) atoms. The van der Waals surface area contributed by atoms with Crippen LogP contribution in [0.15, 0.2) is 6.20 Å². The van der Waals surface area contributed by atoms with Gasteiger partial charge in [-0.15, -0.1) is 11.3 Å². The molecule has 0 unspecified atom stereocenters. The van der Waals surface area contributed by atoms with Crippen LogP contribution in [0.3, 0.4) is 0 Å². The van der Waals surface area contributed by atoms with E-state index in [-0.39, 0.29) is 11.7 Å². The van der Waals surface area contributed by atoms with Crippen LogP contribution in [0.1, 0.15) is 27.5 Å². The van der Waals surface area contributed by atoms with Crippen molar-refractivity contribution in [3.8, 4) is 0 Å². The third-order valence-electron chi connectivity index (χ3n) is 3.19. The van der Waals surface area contributed by atoms with Gasteiger partial charge in [0, 0.05) is 12.1 Å². The highest BCUT2D eigenvalue weighted by Crippen LogP contribution is 2.20. The summed E-state index contributed by atoms with van der Waals surface area (Å²) in [6, 6.07) is 0. The van der Waals surface area contributed by atoms with Gasteiger partial charge in [0.15, 0.2) is 6.29 Å². The van der Waals surface area contributed by atoms with E-state index in [9.17, 15) is 9.59 Å². The van der Waals surface area contributed by atoms with Crippen LogP contribution in [-0.2, 0) is 11.2 Å². The first kappa shape index (κ1) is 12.4. The maximum Gasteiger partial charge on any atom is 0.161 e. The lowest BCUT2D eigenvalue weighted by Crippen LogP contribution is -2.34. The van der Waals surface area contributed by atoms with E-state index in [1.807, 2.05) is 0 Å². The van der Waals surface area contributed by atoms with Gasteiger partial charge >= 0.3 is 0 Å². The molecule has 1 fully saturated rings. The smallest absolute Gasteiger partial charge is 0.161 e. The molecular weight excluding hydrogens is 236 g/mol. The fourth-order valence-corrected chi connectivity index (χ4v) is 2.83. The van der Waals surface area contributed by atoms with E-state index in [1.54, 1.807) is 0 Å². The summed E-state index contributed by atoms with van der Waals surface area (Å²) in [5.41, 5.74) is 0. The van der Waals surface area contributed by atoms with Gasteiger partial charge in [-0.3, -0.25) is 9.59 Å². The van der Waals surface area contributed by atoms with Gasteiger partial charge in [-0.1, -0.05) is 0 Å². The van der Waals surface area contributed by atoms with Crippen molar-refractivity contribution in [2.24, 2.45) is 5.92 Å². The number of ketones is 1. The third kappa shape index (κ3) is 3.20. The number of nitrogens with zero attached hydrogens (tertiary/aromatic N) is 2. The molecule has 2 rings (SSSR count). The van der Waals surface area contributed by atoms with Gasteiger partial charge in [-0.05, 0) is 33.0 Å². The summed E-state index contributed by atoms with van der Waals surface area (Å²) < 4.78 is 0. The highest BCUT2D eigenvalue weighted by atomic mass is 32.1. The Morgan fingerprint density at radius 3 is 2.88 bits per heavy atom. The Kier molecular flexibility index (Phi) is 4.02. The normalized spacial score (nSPS) is 18.2. The fraction of sp³-hybridized carbons (Fsp3) is 0.583. The summed E-state index contributed by atoms with van der Waals surface area (Å²) in [4.78, 5) is 29.5. The van der Waals surface area contributed by atoms with Crippen LogP contribution in [0.2, 0.25) is 0 Å². The van der Waals surface area contributed by atoms with E-state index in [0.717, 1.165) is 37.2 Å². The van der Waals surface area contributed by atoms with Crippen LogP contribution >= 0.6 is 11.3 Å². The lowest BCUT2D eigenvalue weighted by Gasteiger charge is -2.27. The van der Waals surface area contributed by atoms with Crippen LogP contribution in [0.25, 0.3) is 0 Å². The van der Waals surface area contributed by atoms with E-state index < -0.39 is 0 Å². The molecule has 0 aromatic carbocycles. The Hall–Kier alpha value is -1.07. The molecule has 2 heterocycles. The molecule has 1 saturated heterocycles. The molecule has 0 bridgehead atoms. The molecule has 0 atom stereocenters. The number of likely N-dealkylation sites (tertiary alicyclic amines) is 1. The summed E-state index contributed by atoms with van der Waals surface area (Å²) in [7, 11) is 2.08. The number of rotatable bonds is 4. The monoisotopic (exact) mass is 252 g/mol. The van der Waals surface area contributed by atoms with E-state index in [1.165, 1.54) is 17.5 Å². The van der Waals surface area contributed by atoms with E-state index in [4.69, 9.17) is 0 Å². The lowest BCUT2D eigenvalue weighted by atomic mass is 9.91. The van der Waals surface area contributed by atoms with Gasteiger partial charge in [0.05, 0.1) is 11.3 Å². The van der Waals surface area contributed by atoms with Gasteiger partial charge in [0.2, 0.25) is 0 Å². The summed E-state index contributed by atoms with van der Waals surface area (Å²) in [6.45, 7) is 1.99. The number of carbonyl (C=O) groups is 2. The second-order valence-electron chi connectivity index (χ2n) is 4.49. The maximum atomic E-state index is 12.0. The summed E-state index contributed by atoms with van der Waals surface area (Å²) in [5.74, 6) is 0.444. The van der Waals surface area contributed by atoms with Crippen molar-refractivity contribution in [3.63, 3.8) is 0 Å². The van der Waals surface area contributed by atoms with E-state index >= 15 is 0 Å². The molecule has 4 nitrogen and oxygen atoms in total. The van der Waals surface area contributed by atoms with Crippen molar-refractivity contribution in [2.75, 3.05) is 20.1 Å². The number of piperidine rings is 1. The largest absolute Gasteiger partial charge is 0.306 e. The van der Waals surface area contributed by atoms with Crippen molar-refractivity contribution in [2.45, 2.75) is 19.3 Å². The van der Waals surface area contributed by atoms with Crippen LogP contribution in [0.5, 0.6) is 0 Å². The van der Waals surface area contributed by atoms with Gasteiger partial charge in [0.25, 0.3) is 0 Å². The van der Waals surface area contributed by atoms with Gasteiger partial charge < -0.3 is 4.90 Å². The maximum absolute atomic E-state index is 12.0. The molecule has 1 aliphatic rings. The SMILES string of the molecule is CN1CCC(C(=O)Cc2ncc(C=O)s2)CC1. The predicted molar refractivity (Wildman–Crippen MR) is 66.4 cm³/mol. The van der Waals surface area contributed by atoms with Gasteiger partial charge in [-0.25, -0.2) is 4.98 Å². The topological polar surface area (TPSA) is 50.3 Å². The minimum atomic E-state index is 0.176. The molecule has 0 aliphatic carbocycles. The van der Waals surface area contributed by atoms with Crippen molar-refractivity contribution in [3.05, 3.63) is 16.1 Å². The Morgan fingerprint density at radius 2 is 2.29 bits per heavy atom. The third-order valence-corrected chi connectivity index (χ3v) is 4.11. The standard InChI is InChI=1S/C12H16N2O2S/c1-14-4-2-9(3-5-14)11(16)6-12-13-7-10(8-15)17-12/h7-9H,2-6H2,1H3. The van der Waals surface area contributed by atoms with Crippen molar-refractivity contribution in [1.82, 2.24) is 9.88 Å². The molecule has 0 saturated carbocycles. The molecule has 0 spiro atoms. The lowest BCUT2D eigenvalue weighted by molar-refractivity contribution is -0.123. The first-order chi connectivity index (χ1) is 8.19. The highest BCUT2D eigenvalue weighted by molar-refractivity contribution is 7.13. The van der Waals surface area contributed by atoms with Gasteiger partial charge in [-0.2, -0.15) is 0 Å². The fourth-order valence-electron chi connectivity index (χ4n) is 2.08. The molecular formula is C12H16N2O2S. The van der Waals surface area contributed by atoms with Crippen molar-refractivity contribution >= 4 is 23.4 Å². The predicted octanol–water partition coefficient (Wildman–Crippen LogP) is 1.41. The molecule has 0 amide bonds. The Labute approximate surface area is 105 Å². The van der Waals surface area contributed by atoms with Crippen LogP contribution < -0.4 is 0 Å². The first-order valence-electron chi connectivity index (χ1n) is 5.80. The minimum Gasteiger partial charge on any atom is -0.306 e. The molecule has 0 N–H and O–H groups in total.